The largest absolute Gasteiger partial charge is 0.355 e. The molecular weight excluding hydrogens is 188 g/mol. The highest BCUT2D eigenvalue weighted by Crippen LogP contribution is 2.26. The first kappa shape index (κ1) is 12.5. The van der Waals surface area contributed by atoms with Crippen molar-refractivity contribution in [3.63, 3.8) is 0 Å². The molecule has 0 saturated heterocycles. The molecule has 0 spiro atoms. The smallest absolute Gasteiger partial charge is 0.216 e. The van der Waals surface area contributed by atoms with Gasteiger partial charge in [-0.2, -0.15) is 0 Å². The van der Waals surface area contributed by atoms with Crippen LogP contribution in [0.25, 0.3) is 0 Å². The Balaban J connectivity index is 2.07. The van der Waals surface area contributed by atoms with Gasteiger partial charge in [0, 0.05) is 26.1 Å². The second-order valence-electron chi connectivity index (χ2n) is 4.57. The minimum Gasteiger partial charge on any atom is -0.355 e. The van der Waals surface area contributed by atoms with Gasteiger partial charge in [-0.1, -0.05) is 26.2 Å². The number of hydrogen-bond donors (Lipinski definition) is 2. The van der Waals surface area contributed by atoms with E-state index in [9.17, 15) is 4.79 Å². The van der Waals surface area contributed by atoms with E-state index < -0.39 is 0 Å². The Labute approximate surface area is 93.0 Å². The van der Waals surface area contributed by atoms with Gasteiger partial charge in [0.05, 0.1) is 0 Å². The van der Waals surface area contributed by atoms with Gasteiger partial charge in [-0.3, -0.25) is 4.79 Å². The van der Waals surface area contributed by atoms with Gasteiger partial charge in [0.1, 0.15) is 0 Å². The molecule has 1 saturated carbocycles. The number of nitrogens with one attached hydrogen (secondary N) is 2. The van der Waals surface area contributed by atoms with Crippen LogP contribution in [-0.2, 0) is 4.79 Å². The topological polar surface area (TPSA) is 41.1 Å². The van der Waals surface area contributed by atoms with Crippen LogP contribution in [0.3, 0.4) is 0 Å². The molecule has 0 radical (unpaired) electrons. The van der Waals surface area contributed by atoms with Crippen molar-refractivity contribution in [3.05, 3.63) is 0 Å². The molecule has 0 bridgehead atoms. The molecule has 1 fully saturated rings. The van der Waals surface area contributed by atoms with Crippen molar-refractivity contribution in [2.24, 2.45) is 5.92 Å². The van der Waals surface area contributed by atoms with E-state index in [0.717, 1.165) is 19.0 Å². The molecule has 1 rings (SSSR count). The molecule has 2 N–H and O–H groups in total. The fraction of sp³-hybridized carbons (Fsp3) is 0.917. The van der Waals surface area contributed by atoms with Crippen molar-refractivity contribution in [3.8, 4) is 0 Å². The third-order valence-electron chi connectivity index (χ3n) is 3.29. The van der Waals surface area contributed by atoms with Crippen LogP contribution in [-0.4, -0.2) is 25.0 Å². The highest BCUT2D eigenvalue weighted by molar-refractivity contribution is 5.72. The molecule has 1 aliphatic rings. The minimum atomic E-state index is 0.0619. The highest BCUT2D eigenvalue weighted by Gasteiger charge is 2.19. The van der Waals surface area contributed by atoms with Gasteiger partial charge in [-0.15, -0.1) is 0 Å². The average molecular weight is 212 g/mol. The summed E-state index contributed by atoms with van der Waals surface area (Å²) < 4.78 is 0. The molecule has 1 aliphatic carbocycles. The van der Waals surface area contributed by atoms with Gasteiger partial charge in [0.25, 0.3) is 0 Å². The third kappa shape index (κ3) is 5.17. The predicted octanol–water partition coefficient (Wildman–Crippen LogP) is 1.68. The van der Waals surface area contributed by atoms with Gasteiger partial charge in [0.15, 0.2) is 0 Å². The number of carbonyl (C=O) groups is 1. The Morgan fingerprint density at radius 1 is 1.33 bits per heavy atom. The summed E-state index contributed by atoms with van der Waals surface area (Å²) in [5.74, 6) is 0.976. The van der Waals surface area contributed by atoms with Crippen LogP contribution < -0.4 is 10.6 Å². The molecule has 15 heavy (non-hydrogen) atoms. The third-order valence-corrected chi connectivity index (χ3v) is 3.29. The van der Waals surface area contributed by atoms with Gasteiger partial charge in [0.2, 0.25) is 5.91 Å². The van der Waals surface area contributed by atoms with Crippen LogP contribution in [0.5, 0.6) is 0 Å². The molecular formula is C12H24N2O. The van der Waals surface area contributed by atoms with Crippen molar-refractivity contribution in [1.82, 2.24) is 10.6 Å². The number of amides is 1. The molecule has 3 nitrogen and oxygen atoms in total. The van der Waals surface area contributed by atoms with Crippen molar-refractivity contribution in [2.45, 2.75) is 52.0 Å². The normalized spacial score (nSPS) is 26.3. The summed E-state index contributed by atoms with van der Waals surface area (Å²) in [5, 5.41) is 6.34. The van der Waals surface area contributed by atoms with Gasteiger partial charge < -0.3 is 10.6 Å². The zero-order chi connectivity index (χ0) is 11.1. The Morgan fingerprint density at radius 2 is 2.13 bits per heavy atom. The van der Waals surface area contributed by atoms with Crippen LogP contribution in [0.1, 0.15) is 46.0 Å². The fourth-order valence-electron chi connectivity index (χ4n) is 2.36. The lowest BCUT2D eigenvalue weighted by Gasteiger charge is -2.29. The molecule has 0 aliphatic heterocycles. The minimum absolute atomic E-state index is 0.0619. The van der Waals surface area contributed by atoms with Crippen molar-refractivity contribution >= 4 is 5.91 Å². The van der Waals surface area contributed by atoms with E-state index in [0.29, 0.717) is 6.04 Å². The standard InChI is InChI=1S/C12H24N2O/c1-3-11-5-4-6-12(9-11)14-8-7-13-10(2)15/h11-12,14H,3-9H2,1-2H3,(H,13,15). The molecule has 0 heterocycles. The van der Waals surface area contributed by atoms with Crippen molar-refractivity contribution < 1.29 is 4.79 Å². The van der Waals surface area contributed by atoms with Gasteiger partial charge >= 0.3 is 0 Å². The predicted molar refractivity (Wildman–Crippen MR) is 62.7 cm³/mol. The van der Waals surface area contributed by atoms with Gasteiger partial charge in [-0.05, 0) is 18.8 Å². The lowest BCUT2D eigenvalue weighted by molar-refractivity contribution is -0.118. The Hall–Kier alpha value is -0.570. The average Bonchev–Trinajstić information content (AvgIpc) is 2.24. The Kier molecular flexibility index (Phi) is 5.69. The monoisotopic (exact) mass is 212 g/mol. The number of rotatable bonds is 5. The molecule has 2 unspecified atom stereocenters. The quantitative estimate of drug-likeness (QED) is 0.681. The molecule has 88 valence electrons. The molecule has 0 aromatic heterocycles. The lowest BCUT2D eigenvalue weighted by Crippen LogP contribution is -2.39. The second-order valence-corrected chi connectivity index (χ2v) is 4.57. The maximum atomic E-state index is 10.7. The van der Waals surface area contributed by atoms with E-state index in [1.54, 1.807) is 6.92 Å². The lowest BCUT2D eigenvalue weighted by atomic mass is 9.84. The summed E-state index contributed by atoms with van der Waals surface area (Å²) in [6, 6.07) is 0.678. The SMILES string of the molecule is CCC1CCCC(NCCNC(C)=O)C1. The van der Waals surface area contributed by atoms with Gasteiger partial charge in [-0.25, -0.2) is 0 Å². The van der Waals surface area contributed by atoms with Crippen LogP contribution in [0.2, 0.25) is 0 Å². The van der Waals surface area contributed by atoms with Crippen LogP contribution in [0, 0.1) is 5.92 Å². The van der Waals surface area contributed by atoms with E-state index >= 15 is 0 Å². The summed E-state index contributed by atoms with van der Waals surface area (Å²) in [5.41, 5.74) is 0. The first-order valence-corrected chi connectivity index (χ1v) is 6.20. The summed E-state index contributed by atoms with van der Waals surface area (Å²) in [6.07, 6.45) is 6.69. The van der Waals surface area contributed by atoms with Crippen molar-refractivity contribution in [2.75, 3.05) is 13.1 Å². The maximum Gasteiger partial charge on any atom is 0.216 e. The van der Waals surface area contributed by atoms with Crippen LogP contribution >= 0.6 is 0 Å². The second kappa shape index (κ2) is 6.83. The first-order chi connectivity index (χ1) is 7.22. The molecule has 2 atom stereocenters. The highest BCUT2D eigenvalue weighted by atomic mass is 16.1. The Bertz CT molecular complexity index is 194. The molecule has 0 aromatic rings. The van der Waals surface area contributed by atoms with E-state index in [1.165, 1.54) is 32.1 Å². The fourth-order valence-corrected chi connectivity index (χ4v) is 2.36. The zero-order valence-electron chi connectivity index (χ0n) is 10.0. The number of carbonyl (C=O) groups excluding carboxylic acids is 1. The summed E-state index contributed by atoms with van der Waals surface area (Å²) in [4.78, 5) is 10.7. The summed E-state index contributed by atoms with van der Waals surface area (Å²) >= 11 is 0. The van der Waals surface area contributed by atoms with Crippen LogP contribution in [0.15, 0.2) is 0 Å². The Morgan fingerprint density at radius 3 is 2.80 bits per heavy atom. The maximum absolute atomic E-state index is 10.7. The van der Waals surface area contributed by atoms with E-state index in [2.05, 4.69) is 17.6 Å². The summed E-state index contributed by atoms with van der Waals surface area (Å²) in [6.45, 7) is 5.50. The molecule has 3 heteroatoms. The van der Waals surface area contributed by atoms with E-state index in [1.807, 2.05) is 0 Å². The molecule has 0 aromatic carbocycles. The van der Waals surface area contributed by atoms with Crippen LogP contribution in [0.4, 0.5) is 0 Å². The zero-order valence-corrected chi connectivity index (χ0v) is 10.0. The number of hydrogen-bond acceptors (Lipinski definition) is 2. The molecule has 1 amide bonds. The first-order valence-electron chi connectivity index (χ1n) is 6.20. The van der Waals surface area contributed by atoms with E-state index in [-0.39, 0.29) is 5.91 Å². The van der Waals surface area contributed by atoms with Crippen molar-refractivity contribution in [1.29, 1.82) is 0 Å². The van der Waals surface area contributed by atoms with E-state index in [4.69, 9.17) is 0 Å². The summed E-state index contributed by atoms with van der Waals surface area (Å²) in [7, 11) is 0.